The molecule has 3 N–H and O–H groups in total. The number of aryl methyl sites for hydroxylation is 1. The number of oxime groups is 2. The van der Waals surface area contributed by atoms with E-state index < -0.39 is 0 Å². The first kappa shape index (κ1) is 18.0. The molecule has 0 spiro atoms. The van der Waals surface area contributed by atoms with Gasteiger partial charge in [0.25, 0.3) is 0 Å². The molecule has 0 aromatic heterocycles. The Morgan fingerprint density at radius 1 is 0.864 bits per heavy atom. The lowest BCUT2D eigenvalue weighted by Crippen LogP contribution is -1.95. The van der Waals surface area contributed by atoms with Gasteiger partial charge in [-0.05, 0) is 30.5 Å². The smallest absolute Gasteiger partial charge is 0.133 e. The molecule has 1 aromatic rings. The normalized spacial score (nSPS) is 11.7. The van der Waals surface area contributed by atoms with Gasteiger partial charge < -0.3 is 15.5 Å². The second-order valence-corrected chi connectivity index (χ2v) is 5.48. The summed E-state index contributed by atoms with van der Waals surface area (Å²) < 4.78 is 0. The summed E-state index contributed by atoms with van der Waals surface area (Å²) in [5.41, 5.74) is 1.85. The number of aromatic hydroxyl groups is 1. The number of unbranched alkanes of at least 4 members (excludes halogenated alkanes) is 6. The molecule has 0 aliphatic rings. The Morgan fingerprint density at radius 3 is 1.86 bits per heavy atom. The van der Waals surface area contributed by atoms with Crippen LogP contribution in [0.3, 0.4) is 0 Å². The highest BCUT2D eigenvalue weighted by molar-refractivity contribution is 5.91. The Balaban J connectivity index is 2.59. The van der Waals surface area contributed by atoms with E-state index in [4.69, 9.17) is 10.4 Å². The Kier molecular flexibility index (Phi) is 8.72. The van der Waals surface area contributed by atoms with Gasteiger partial charge in [-0.15, -0.1) is 0 Å². The van der Waals surface area contributed by atoms with Crippen molar-refractivity contribution in [3.8, 4) is 5.75 Å². The van der Waals surface area contributed by atoms with Gasteiger partial charge in [0.15, 0.2) is 0 Å². The summed E-state index contributed by atoms with van der Waals surface area (Å²) in [5.74, 6) is -0.0566. The fourth-order valence-corrected chi connectivity index (χ4v) is 2.50. The third-order valence-corrected chi connectivity index (χ3v) is 3.69. The molecule has 0 aliphatic carbocycles. The molecule has 0 aliphatic heterocycles. The molecular formula is C17H26N2O3. The quantitative estimate of drug-likeness (QED) is 0.261. The van der Waals surface area contributed by atoms with Gasteiger partial charge in [-0.3, -0.25) is 0 Å². The molecule has 0 saturated carbocycles. The van der Waals surface area contributed by atoms with Crippen molar-refractivity contribution < 1.29 is 15.5 Å². The third kappa shape index (κ3) is 6.16. The summed E-state index contributed by atoms with van der Waals surface area (Å²) in [7, 11) is 0. The lowest BCUT2D eigenvalue weighted by molar-refractivity contribution is 0.321. The third-order valence-electron chi connectivity index (χ3n) is 3.69. The van der Waals surface area contributed by atoms with Crippen LogP contribution in [-0.2, 0) is 6.42 Å². The lowest BCUT2D eigenvalue weighted by Gasteiger charge is -2.08. The SMILES string of the molecule is CCCCCCCCCc1cc(/C=N\O)c(O)c(/C=N\O)c1. The van der Waals surface area contributed by atoms with E-state index in [0.29, 0.717) is 11.1 Å². The Labute approximate surface area is 132 Å². The van der Waals surface area contributed by atoms with Gasteiger partial charge in [-0.1, -0.05) is 55.8 Å². The number of phenolic OH excluding ortho intramolecular Hbond substituents is 1. The average Bonchev–Trinajstić information content (AvgIpc) is 2.51. The van der Waals surface area contributed by atoms with Gasteiger partial charge in [-0.2, -0.15) is 0 Å². The molecule has 0 radical (unpaired) electrons. The number of phenols is 1. The summed E-state index contributed by atoms with van der Waals surface area (Å²) >= 11 is 0. The van der Waals surface area contributed by atoms with E-state index in [2.05, 4.69) is 17.2 Å². The molecule has 22 heavy (non-hydrogen) atoms. The molecule has 0 atom stereocenters. The van der Waals surface area contributed by atoms with Crippen LogP contribution in [0.25, 0.3) is 0 Å². The molecule has 0 unspecified atom stereocenters. The highest BCUT2D eigenvalue weighted by Gasteiger charge is 2.08. The highest BCUT2D eigenvalue weighted by atomic mass is 16.4. The first-order valence-corrected chi connectivity index (χ1v) is 7.93. The monoisotopic (exact) mass is 306 g/mol. The molecule has 0 saturated heterocycles. The van der Waals surface area contributed by atoms with Gasteiger partial charge in [0.2, 0.25) is 0 Å². The van der Waals surface area contributed by atoms with Gasteiger partial charge >= 0.3 is 0 Å². The van der Waals surface area contributed by atoms with Gasteiger partial charge in [0, 0.05) is 11.1 Å². The van der Waals surface area contributed by atoms with Crippen molar-refractivity contribution in [2.24, 2.45) is 10.3 Å². The van der Waals surface area contributed by atoms with E-state index in [0.717, 1.165) is 18.4 Å². The van der Waals surface area contributed by atoms with E-state index >= 15 is 0 Å². The molecule has 0 fully saturated rings. The average molecular weight is 306 g/mol. The standard InChI is InChI=1S/C17H26N2O3/c1-2-3-4-5-6-7-8-9-14-10-15(12-18-21)17(20)16(11-14)13-19-22/h10-13,20-22H,2-9H2,1H3/b18-12-,19-13-. The number of hydrogen-bond donors (Lipinski definition) is 3. The fraction of sp³-hybridized carbons (Fsp3) is 0.529. The molecule has 1 rings (SSSR count). The zero-order valence-corrected chi connectivity index (χ0v) is 13.2. The fourth-order valence-electron chi connectivity index (χ4n) is 2.50. The van der Waals surface area contributed by atoms with Crippen LogP contribution in [0.5, 0.6) is 5.75 Å². The van der Waals surface area contributed by atoms with Crippen molar-refractivity contribution in [2.75, 3.05) is 0 Å². The Morgan fingerprint density at radius 2 is 1.36 bits per heavy atom. The number of rotatable bonds is 10. The van der Waals surface area contributed by atoms with Crippen LogP contribution in [0, 0.1) is 0 Å². The molecule has 0 bridgehead atoms. The highest BCUT2D eigenvalue weighted by Crippen LogP contribution is 2.23. The summed E-state index contributed by atoms with van der Waals surface area (Å²) in [6.07, 6.45) is 11.9. The molecule has 0 heterocycles. The van der Waals surface area contributed by atoms with Crippen LogP contribution in [0.2, 0.25) is 0 Å². The summed E-state index contributed by atoms with van der Waals surface area (Å²) in [6.45, 7) is 2.21. The van der Waals surface area contributed by atoms with E-state index in [1.807, 2.05) is 0 Å². The van der Waals surface area contributed by atoms with E-state index in [-0.39, 0.29) is 5.75 Å². The van der Waals surface area contributed by atoms with E-state index in [9.17, 15) is 5.11 Å². The van der Waals surface area contributed by atoms with E-state index in [1.165, 1.54) is 51.0 Å². The van der Waals surface area contributed by atoms with Crippen molar-refractivity contribution in [3.05, 3.63) is 28.8 Å². The number of benzene rings is 1. The van der Waals surface area contributed by atoms with Crippen LogP contribution < -0.4 is 0 Å². The van der Waals surface area contributed by atoms with Crippen LogP contribution >= 0.6 is 0 Å². The summed E-state index contributed by atoms with van der Waals surface area (Å²) in [5, 5.41) is 33.2. The minimum atomic E-state index is -0.0566. The zero-order valence-electron chi connectivity index (χ0n) is 13.2. The molecule has 5 nitrogen and oxygen atoms in total. The van der Waals surface area contributed by atoms with Crippen molar-refractivity contribution in [2.45, 2.75) is 58.3 Å². The Hall–Kier alpha value is -2.04. The van der Waals surface area contributed by atoms with Crippen LogP contribution in [0.1, 0.15) is 68.6 Å². The molecular weight excluding hydrogens is 280 g/mol. The van der Waals surface area contributed by atoms with Gasteiger partial charge in [-0.25, -0.2) is 0 Å². The Bertz CT molecular complexity index is 466. The molecule has 0 amide bonds. The van der Waals surface area contributed by atoms with E-state index in [1.54, 1.807) is 12.1 Å². The number of nitrogens with zero attached hydrogens (tertiary/aromatic N) is 2. The predicted octanol–water partition coefficient (Wildman–Crippen LogP) is 4.30. The van der Waals surface area contributed by atoms with Crippen LogP contribution in [0.4, 0.5) is 0 Å². The summed E-state index contributed by atoms with van der Waals surface area (Å²) in [6, 6.07) is 3.59. The minimum absolute atomic E-state index is 0.0566. The van der Waals surface area contributed by atoms with Crippen molar-refractivity contribution in [1.82, 2.24) is 0 Å². The predicted molar refractivity (Wildman–Crippen MR) is 88.6 cm³/mol. The van der Waals surface area contributed by atoms with Crippen molar-refractivity contribution in [1.29, 1.82) is 0 Å². The molecule has 1 aromatic carbocycles. The van der Waals surface area contributed by atoms with Gasteiger partial charge in [0.1, 0.15) is 5.75 Å². The summed E-state index contributed by atoms with van der Waals surface area (Å²) in [4.78, 5) is 0. The first-order chi connectivity index (χ1) is 10.7. The second kappa shape index (κ2) is 10.7. The van der Waals surface area contributed by atoms with Crippen molar-refractivity contribution in [3.63, 3.8) is 0 Å². The second-order valence-electron chi connectivity index (χ2n) is 5.48. The van der Waals surface area contributed by atoms with Crippen LogP contribution in [-0.4, -0.2) is 28.0 Å². The largest absolute Gasteiger partial charge is 0.507 e. The lowest BCUT2D eigenvalue weighted by atomic mass is 9.99. The maximum Gasteiger partial charge on any atom is 0.133 e. The van der Waals surface area contributed by atoms with Gasteiger partial charge in [0.05, 0.1) is 12.4 Å². The molecule has 5 heteroatoms. The topological polar surface area (TPSA) is 85.4 Å². The number of hydrogen-bond acceptors (Lipinski definition) is 5. The molecule has 122 valence electrons. The van der Waals surface area contributed by atoms with Crippen LogP contribution in [0.15, 0.2) is 22.4 Å². The zero-order chi connectivity index (χ0) is 16.2. The maximum atomic E-state index is 9.96. The minimum Gasteiger partial charge on any atom is -0.507 e. The van der Waals surface area contributed by atoms with Crippen molar-refractivity contribution >= 4 is 12.4 Å². The maximum absolute atomic E-state index is 9.96. The first-order valence-electron chi connectivity index (χ1n) is 7.93.